The highest BCUT2D eigenvalue weighted by Gasteiger charge is 2.12. The van der Waals surface area contributed by atoms with E-state index < -0.39 is 0 Å². The van der Waals surface area contributed by atoms with Gasteiger partial charge in [0.1, 0.15) is 0 Å². The van der Waals surface area contributed by atoms with Gasteiger partial charge in [0.25, 0.3) is 0 Å². The molecule has 2 rings (SSSR count). The van der Waals surface area contributed by atoms with Gasteiger partial charge in [0.2, 0.25) is 0 Å². The highest BCUT2D eigenvalue weighted by Crippen LogP contribution is 2.21. The fraction of sp³-hybridized carbons (Fsp3) is 0.667. The SMILES string of the molecule is Cl.OC(CCCN1CCCC1)c1ccsc1. The Labute approximate surface area is 108 Å². The van der Waals surface area contributed by atoms with Crippen LogP contribution in [0.2, 0.25) is 0 Å². The quantitative estimate of drug-likeness (QED) is 0.881. The van der Waals surface area contributed by atoms with Crippen molar-refractivity contribution < 1.29 is 5.11 Å². The molecule has 0 aliphatic carbocycles. The summed E-state index contributed by atoms with van der Waals surface area (Å²) in [6.45, 7) is 3.67. The van der Waals surface area contributed by atoms with Gasteiger partial charge in [-0.1, -0.05) is 0 Å². The zero-order chi connectivity index (χ0) is 10.5. The van der Waals surface area contributed by atoms with Gasteiger partial charge in [-0.25, -0.2) is 0 Å². The largest absolute Gasteiger partial charge is 0.388 e. The van der Waals surface area contributed by atoms with Crippen LogP contribution in [0.25, 0.3) is 0 Å². The number of aliphatic hydroxyl groups is 1. The molecule has 4 heteroatoms. The van der Waals surface area contributed by atoms with Crippen molar-refractivity contribution in [2.24, 2.45) is 0 Å². The molecule has 0 radical (unpaired) electrons. The zero-order valence-corrected chi connectivity index (χ0v) is 11.1. The Balaban J connectivity index is 0.00000128. The summed E-state index contributed by atoms with van der Waals surface area (Å²) in [7, 11) is 0. The van der Waals surface area contributed by atoms with E-state index in [4.69, 9.17) is 0 Å². The molecular weight excluding hydrogens is 242 g/mol. The van der Waals surface area contributed by atoms with Crippen LogP contribution in [-0.4, -0.2) is 29.6 Å². The molecule has 1 aliphatic rings. The van der Waals surface area contributed by atoms with Crippen LogP contribution < -0.4 is 0 Å². The minimum absolute atomic E-state index is 0. The van der Waals surface area contributed by atoms with Crippen molar-refractivity contribution in [1.29, 1.82) is 0 Å². The number of nitrogens with zero attached hydrogens (tertiary/aromatic N) is 1. The molecule has 0 aromatic carbocycles. The van der Waals surface area contributed by atoms with Gasteiger partial charge in [-0.2, -0.15) is 11.3 Å². The van der Waals surface area contributed by atoms with Gasteiger partial charge in [-0.15, -0.1) is 12.4 Å². The van der Waals surface area contributed by atoms with Crippen molar-refractivity contribution in [1.82, 2.24) is 4.90 Å². The molecular formula is C12H20ClNOS. The molecule has 0 spiro atoms. The molecule has 2 nitrogen and oxygen atoms in total. The first kappa shape index (κ1) is 14.0. The van der Waals surface area contributed by atoms with E-state index in [2.05, 4.69) is 4.90 Å². The van der Waals surface area contributed by atoms with E-state index in [1.165, 1.54) is 25.9 Å². The van der Waals surface area contributed by atoms with Crippen LogP contribution in [0, 0.1) is 0 Å². The van der Waals surface area contributed by atoms with Gasteiger partial charge < -0.3 is 10.0 Å². The maximum absolute atomic E-state index is 9.87. The maximum atomic E-state index is 9.87. The lowest BCUT2D eigenvalue weighted by molar-refractivity contribution is 0.158. The number of thiophene rings is 1. The summed E-state index contributed by atoms with van der Waals surface area (Å²) in [6, 6.07) is 2.02. The van der Waals surface area contributed by atoms with Crippen molar-refractivity contribution in [3.05, 3.63) is 22.4 Å². The van der Waals surface area contributed by atoms with E-state index in [1.807, 2.05) is 16.8 Å². The van der Waals surface area contributed by atoms with E-state index in [-0.39, 0.29) is 18.5 Å². The minimum atomic E-state index is -0.251. The molecule has 92 valence electrons. The maximum Gasteiger partial charge on any atom is 0.0798 e. The summed E-state index contributed by atoms with van der Waals surface area (Å²) in [5.74, 6) is 0. The average molecular weight is 262 g/mol. The van der Waals surface area contributed by atoms with Gasteiger partial charge in [0.15, 0.2) is 0 Å². The highest BCUT2D eigenvalue weighted by atomic mass is 35.5. The summed E-state index contributed by atoms with van der Waals surface area (Å²) >= 11 is 1.66. The lowest BCUT2D eigenvalue weighted by Crippen LogP contribution is -2.20. The lowest BCUT2D eigenvalue weighted by atomic mass is 10.1. The molecule has 1 saturated heterocycles. The molecule has 1 atom stereocenters. The van der Waals surface area contributed by atoms with Gasteiger partial charge in [-0.3, -0.25) is 0 Å². The van der Waals surface area contributed by atoms with Crippen molar-refractivity contribution in [3.8, 4) is 0 Å². The Morgan fingerprint density at radius 1 is 1.38 bits per heavy atom. The van der Waals surface area contributed by atoms with Crippen LogP contribution in [-0.2, 0) is 0 Å². The fourth-order valence-electron chi connectivity index (χ4n) is 2.15. The standard InChI is InChI=1S/C12H19NOS.ClH/c14-12(11-5-9-15-10-11)4-3-8-13-6-1-2-7-13;/h5,9-10,12,14H,1-4,6-8H2;1H. The Bertz CT molecular complexity index is 273. The number of halogens is 1. The van der Waals surface area contributed by atoms with Gasteiger partial charge in [0, 0.05) is 0 Å². The van der Waals surface area contributed by atoms with E-state index in [1.54, 1.807) is 11.3 Å². The second-order valence-electron chi connectivity index (χ2n) is 4.26. The summed E-state index contributed by atoms with van der Waals surface area (Å²) in [6.07, 6.45) is 4.46. The van der Waals surface area contributed by atoms with Crippen molar-refractivity contribution in [2.75, 3.05) is 19.6 Å². The molecule has 1 aromatic heterocycles. The summed E-state index contributed by atoms with van der Waals surface area (Å²) in [5, 5.41) is 13.9. The van der Waals surface area contributed by atoms with Crippen LogP contribution in [0.15, 0.2) is 16.8 Å². The Kier molecular flexibility index (Phi) is 6.36. The van der Waals surface area contributed by atoms with Crippen LogP contribution in [0.3, 0.4) is 0 Å². The topological polar surface area (TPSA) is 23.5 Å². The smallest absolute Gasteiger partial charge is 0.0798 e. The third-order valence-corrected chi connectivity index (χ3v) is 3.78. The average Bonchev–Trinajstić information content (AvgIpc) is 2.90. The van der Waals surface area contributed by atoms with Crippen LogP contribution >= 0.6 is 23.7 Å². The first-order valence-corrected chi connectivity index (χ1v) is 6.73. The van der Waals surface area contributed by atoms with Crippen LogP contribution in [0.5, 0.6) is 0 Å². The molecule has 0 saturated carbocycles. The molecule has 0 amide bonds. The lowest BCUT2D eigenvalue weighted by Gasteiger charge is -2.15. The molecule has 2 heterocycles. The molecule has 1 aromatic rings. The normalized spacial score (nSPS) is 18.3. The van der Waals surface area contributed by atoms with Crippen LogP contribution in [0.1, 0.15) is 37.4 Å². The van der Waals surface area contributed by atoms with Gasteiger partial charge >= 0.3 is 0 Å². The number of aliphatic hydroxyl groups excluding tert-OH is 1. The van der Waals surface area contributed by atoms with Gasteiger partial charge in [-0.05, 0) is 67.7 Å². The molecule has 1 aliphatic heterocycles. The molecule has 0 bridgehead atoms. The second kappa shape index (κ2) is 7.28. The summed E-state index contributed by atoms with van der Waals surface area (Å²) in [5.41, 5.74) is 1.08. The third-order valence-electron chi connectivity index (χ3n) is 3.08. The third kappa shape index (κ3) is 4.06. The van der Waals surface area contributed by atoms with E-state index in [0.717, 1.165) is 24.9 Å². The first-order valence-electron chi connectivity index (χ1n) is 5.79. The van der Waals surface area contributed by atoms with Crippen molar-refractivity contribution in [2.45, 2.75) is 31.8 Å². The predicted octanol–water partition coefficient (Wildman–Crippen LogP) is 3.08. The summed E-state index contributed by atoms with van der Waals surface area (Å²) in [4.78, 5) is 2.50. The monoisotopic (exact) mass is 261 g/mol. The molecule has 1 N–H and O–H groups in total. The van der Waals surface area contributed by atoms with Crippen molar-refractivity contribution >= 4 is 23.7 Å². The molecule has 16 heavy (non-hydrogen) atoms. The number of hydrogen-bond acceptors (Lipinski definition) is 3. The predicted molar refractivity (Wildman–Crippen MR) is 71.4 cm³/mol. The number of likely N-dealkylation sites (tertiary alicyclic amines) is 1. The number of rotatable bonds is 5. The van der Waals surface area contributed by atoms with E-state index >= 15 is 0 Å². The number of hydrogen-bond donors (Lipinski definition) is 1. The Morgan fingerprint density at radius 3 is 2.75 bits per heavy atom. The van der Waals surface area contributed by atoms with E-state index in [0.29, 0.717) is 0 Å². The second-order valence-corrected chi connectivity index (χ2v) is 5.04. The van der Waals surface area contributed by atoms with Gasteiger partial charge in [0.05, 0.1) is 6.10 Å². The van der Waals surface area contributed by atoms with Crippen LogP contribution in [0.4, 0.5) is 0 Å². The Morgan fingerprint density at radius 2 is 2.12 bits per heavy atom. The first-order chi connectivity index (χ1) is 7.36. The van der Waals surface area contributed by atoms with Crippen molar-refractivity contribution in [3.63, 3.8) is 0 Å². The zero-order valence-electron chi connectivity index (χ0n) is 9.47. The highest BCUT2D eigenvalue weighted by molar-refractivity contribution is 7.07. The molecule has 1 fully saturated rings. The minimum Gasteiger partial charge on any atom is -0.388 e. The Hall–Kier alpha value is -0.0900. The summed E-state index contributed by atoms with van der Waals surface area (Å²) < 4.78 is 0. The molecule has 1 unspecified atom stereocenters. The van der Waals surface area contributed by atoms with E-state index in [9.17, 15) is 5.11 Å². The fourth-order valence-corrected chi connectivity index (χ4v) is 2.85.